The molecule has 1 rings (SSSR count). The van der Waals surface area contributed by atoms with Crippen LogP contribution in [0, 0.1) is 6.20 Å². The third-order valence-electron chi connectivity index (χ3n) is 1.05. The minimum atomic E-state index is 0.942. The van der Waals surface area contributed by atoms with E-state index in [1.54, 1.807) is 6.07 Å². The van der Waals surface area contributed by atoms with E-state index in [2.05, 4.69) is 11.2 Å². The Morgan fingerprint density at radius 3 is 2.67 bits per heavy atom. The van der Waals surface area contributed by atoms with Gasteiger partial charge in [0.25, 0.3) is 0 Å². The molecule has 2 heteroatoms. The van der Waals surface area contributed by atoms with Gasteiger partial charge in [0.15, 0.2) is 0 Å². The van der Waals surface area contributed by atoms with E-state index in [1.165, 1.54) is 0 Å². The first-order chi connectivity index (χ1) is 4.30. The zero-order valence-electron chi connectivity index (χ0n) is 5.63. The van der Waals surface area contributed by atoms with Crippen LogP contribution in [-0.4, -0.2) is 19.1 Å². The van der Waals surface area contributed by atoms with Crippen molar-refractivity contribution in [1.29, 1.82) is 0 Å². The first-order valence-corrected chi connectivity index (χ1v) is 2.81. The molecule has 0 aliphatic heterocycles. The maximum atomic E-state index is 3.98. The Labute approximate surface area is 55.1 Å². The van der Waals surface area contributed by atoms with E-state index in [9.17, 15) is 0 Å². The molecule has 1 heterocycles. The molecule has 0 fully saturated rings. The Balaban J connectivity index is 2.85. The van der Waals surface area contributed by atoms with Crippen LogP contribution in [0.1, 0.15) is 0 Å². The highest BCUT2D eigenvalue weighted by atomic mass is 15.1. The molecule has 1 aromatic heterocycles. The van der Waals surface area contributed by atoms with Gasteiger partial charge >= 0.3 is 0 Å². The lowest BCUT2D eigenvalue weighted by atomic mass is 10.4. The normalized spacial score (nSPS) is 9.11. The fourth-order valence-corrected chi connectivity index (χ4v) is 0.567. The van der Waals surface area contributed by atoms with E-state index in [0.29, 0.717) is 0 Å². The van der Waals surface area contributed by atoms with E-state index in [4.69, 9.17) is 0 Å². The van der Waals surface area contributed by atoms with Crippen molar-refractivity contribution in [3.63, 3.8) is 0 Å². The Hall–Kier alpha value is -1.05. The van der Waals surface area contributed by atoms with E-state index < -0.39 is 0 Å². The molecule has 0 aromatic carbocycles. The summed E-state index contributed by atoms with van der Waals surface area (Å²) in [6.07, 6.45) is 2.75. The van der Waals surface area contributed by atoms with Crippen LogP contribution in [-0.2, 0) is 0 Å². The molecule has 0 bridgehead atoms. The van der Waals surface area contributed by atoms with Gasteiger partial charge < -0.3 is 4.90 Å². The third-order valence-corrected chi connectivity index (χ3v) is 1.05. The van der Waals surface area contributed by atoms with Crippen LogP contribution in [0.25, 0.3) is 0 Å². The lowest BCUT2D eigenvalue weighted by Gasteiger charge is -2.08. The van der Waals surface area contributed by atoms with Crippen LogP contribution in [0.4, 0.5) is 5.82 Å². The molecule has 1 radical (unpaired) electrons. The predicted molar refractivity (Wildman–Crippen MR) is 37.4 cm³/mol. The van der Waals surface area contributed by atoms with Crippen molar-refractivity contribution in [2.24, 2.45) is 0 Å². The van der Waals surface area contributed by atoms with Gasteiger partial charge in [0, 0.05) is 14.1 Å². The van der Waals surface area contributed by atoms with Gasteiger partial charge in [-0.3, -0.25) is 0 Å². The average molecular weight is 121 g/mol. The fourth-order valence-electron chi connectivity index (χ4n) is 0.567. The van der Waals surface area contributed by atoms with Crippen molar-refractivity contribution >= 4 is 5.82 Å². The second-order valence-electron chi connectivity index (χ2n) is 2.02. The van der Waals surface area contributed by atoms with E-state index in [-0.39, 0.29) is 0 Å². The van der Waals surface area contributed by atoms with Crippen molar-refractivity contribution < 1.29 is 0 Å². The van der Waals surface area contributed by atoms with Crippen LogP contribution >= 0.6 is 0 Å². The van der Waals surface area contributed by atoms with E-state index >= 15 is 0 Å². The maximum Gasteiger partial charge on any atom is 0.128 e. The summed E-state index contributed by atoms with van der Waals surface area (Å²) in [7, 11) is 3.91. The monoisotopic (exact) mass is 121 g/mol. The third kappa shape index (κ3) is 1.42. The summed E-state index contributed by atoms with van der Waals surface area (Å²) in [5, 5.41) is 0. The number of hydrogen-bond acceptors (Lipinski definition) is 2. The van der Waals surface area contributed by atoms with E-state index in [1.807, 2.05) is 31.1 Å². The molecule has 0 saturated carbocycles. The second-order valence-corrected chi connectivity index (χ2v) is 2.02. The summed E-state index contributed by atoms with van der Waals surface area (Å²) in [5.41, 5.74) is 0. The molecule has 0 atom stereocenters. The number of rotatable bonds is 1. The van der Waals surface area contributed by atoms with E-state index in [0.717, 1.165) is 5.82 Å². The van der Waals surface area contributed by atoms with Crippen LogP contribution in [0.15, 0.2) is 18.2 Å². The summed E-state index contributed by atoms with van der Waals surface area (Å²) in [5.74, 6) is 0.942. The first kappa shape index (κ1) is 6.08. The Morgan fingerprint density at radius 1 is 1.56 bits per heavy atom. The fraction of sp³-hybridized carbons (Fsp3) is 0.286. The summed E-state index contributed by atoms with van der Waals surface area (Å²) >= 11 is 0. The zero-order chi connectivity index (χ0) is 6.69. The Kier molecular flexibility index (Phi) is 1.68. The Bertz CT molecular complexity index is 170. The minimum absolute atomic E-state index is 0.942. The van der Waals surface area contributed by atoms with Crippen LogP contribution in [0.2, 0.25) is 0 Å². The molecule has 0 aliphatic rings. The molecule has 0 saturated heterocycles. The molecule has 47 valence electrons. The summed E-state index contributed by atoms with van der Waals surface area (Å²) in [4.78, 5) is 5.92. The molecule has 9 heavy (non-hydrogen) atoms. The Morgan fingerprint density at radius 2 is 2.33 bits per heavy atom. The second kappa shape index (κ2) is 2.49. The smallest absolute Gasteiger partial charge is 0.128 e. The van der Waals surface area contributed by atoms with Gasteiger partial charge in [-0.2, -0.15) is 0 Å². The van der Waals surface area contributed by atoms with Crippen LogP contribution in [0.3, 0.4) is 0 Å². The molecule has 0 spiro atoms. The number of hydrogen-bond donors (Lipinski definition) is 0. The summed E-state index contributed by atoms with van der Waals surface area (Å²) in [6.45, 7) is 0. The molecule has 0 aliphatic carbocycles. The van der Waals surface area contributed by atoms with Crippen LogP contribution in [0.5, 0.6) is 0 Å². The number of anilines is 1. The average Bonchev–Trinajstić information content (AvgIpc) is 1.90. The molecule has 0 amide bonds. The highest BCUT2D eigenvalue weighted by molar-refractivity contribution is 5.34. The lowest BCUT2D eigenvalue weighted by molar-refractivity contribution is 1.07. The van der Waals surface area contributed by atoms with Crippen molar-refractivity contribution in [2.75, 3.05) is 19.0 Å². The van der Waals surface area contributed by atoms with Gasteiger partial charge in [-0.15, -0.1) is 0 Å². The molecule has 2 nitrogen and oxygen atoms in total. The van der Waals surface area contributed by atoms with Gasteiger partial charge in [0.2, 0.25) is 0 Å². The minimum Gasteiger partial charge on any atom is -0.363 e. The first-order valence-electron chi connectivity index (χ1n) is 2.81. The topological polar surface area (TPSA) is 16.1 Å². The predicted octanol–water partition coefficient (Wildman–Crippen LogP) is 0.948. The highest BCUT2D eigenvalue weighted by Crippen LogP contribution is 2.01. The molecular weight excluding hydrogens is 112 g/mol. The van der Waals surface area contributed by atoms with Crippen molar-refractivity contribution in [2.45, 2.75) is 0 Å². The number of aromatic nitrogens is 1. The molecule has 0 N–H and O–H groups in total. The van der Waals surface area contributed by atoms with Crippen molar-refractivity contribution in [3.05, 3.63) is 24.4 Å². The van der Waals surface area contributed by atoms with Gasteiger partial charge in [0.1, 0.15) is 5.82 Å². The molecule has 0 unspecified atom stereocenters. The van der Waals surface area contributed by atoms with Gasteiger partial charge in [-0.25, -0.2) is 4.98 Å². The summed E-state index contributed by atoms with van der Waals surface area (Å²) in [6, 6.07) is 5.64. The van der Waals surface area contributed by atoms with Gasteiger partial charge in [0.05, 0.1) is 6.20 Å². The lowest BCUT2D eigenvalue weighted by Crippen LogP contribution is -2.09. The van der Waals surface area contributed by atoms with Gasteiger partial charge in [-0.05, 0) is 12.1 Å². The number of nitrogens with zero attached hydrogens (tertiary/aromatic N) is 2. The molecule has 1 aromatic rings. The van der Waals surface area contributed by atoms with Gasteiger partial charge in [-0.1, -0.05) is 6.07 Å². The quantitative estimate of drug-likeness (QED) is 0.550. The maximum absolute atomic E-state index is 3.98. The summed E-state index contributed by atoms with van der Waals surface area (Å²) < 4.78 is 0. The van der Waals surface area contributed by atoms with Crippen molar-refractivity contribution in [1.82, 2.24) is 4.98 Å². The zero-order valence-corrected chi connectivity index (χ0v) is 5.63. The number of pyridine rings is 1. The SMILES string of the molecule is CN(C)c1ccc[c]n1. The largest absolute Gasteiger partial charge is 0.363 e. The van der Waals surface area contributed by atoms with Crippen molar-refractivity contribution in [3.8, 4) is 0 Å². The standard InChI is InChI=1S/C7H9N2/c1-9(2)7-5-3-4-6-8-7/h3-5H,1-2H3. The molecular formula is C7H9N2. The van der Waals surface area contributed by atoms with Crippen LogP contribution < -0.4 is 4.90 Å². The highest BCUT2D eigenvalue weighted by Gasteiger charge is 1.90.